The van der Waals surface area contributed by atoms with Gasteiger partial charge < -0.3 is 4.90 Å². The highest BCUT2D eigenvalue weighted by molar-refractivity contribution is 9.10. The van der Waals surface area contributed by atoms with Crippen molar-refractivity contribution in [2.24, 2.45) is 0 Å². The van der Waals surface area contributed by atoms with Crippen LogP contribution in [0.25, 0.3) is 0 Å². The molecule has 0 unspecified atom stereocenters. The molecule has 1 amide bonds. The van der Waals surface area contributed by atoms with Gasteiger partial charge in [-0.1, -0.05) is 28.1 Å². The first-order valence-corrected chi connectivity index (χ1v) is 9.96. The molecule has 2 aromatic carbocycles. The number of fused-ring (bicyclic) bond motifs is 1. The zero-order valence-corrected chi connectivity index (χ0v) is 15.0. The average Bonchev–Trinajstić information content (AvgIpc) is 2.52. The lowest BCUT2D eigenvalue weighted by molar-refractivity contribution is 0.0982. The highest BCUT2D eigenvalue weighted by Gasteiger charge is 2.27. The predicted octanol–water partition coefficient (Wildman–Crippen LogP) is 3.45. The Morgan fingerprint density at radius 3 is 2.65 bits per heavy atom. The standard InChI is InChI=1S/C17H16BrNO3S/c1-23(21,22)16-7-3-2-6-14(16)17(20)19-10-4-5-12-11-13(18)8-9-15(12)19/h2-3,6-9,11H,4-5,10H2,1H3. The molecule has 120 valence electrons. The van der Waals surface area contributed by atoms with Crippen LogP contribution in [-0.4, -0.2) is 27.1 Å². The van der Waals surface area contributed by atoms with Gasteiger partial charge in [0.05, 0.1) is 10.5 Å². The van der Waals surface area contributed by atoms with E-state index in [2.05, 4.69) is 15.9 Å². The number of hydrogen-bond acceptors (Lipinski definition) is 3. The molecule has 4 nitrogen and oxygen atoms in total. The van der Waals surface area contributed by atoms with E-state index >= 15 is 0 Å². The predicted molar refractivity (Wildman–Crippen MR) is 93.7 cm³/mol. The second kappa shape index (κ2) is 6.09. The van der Waals surface area contributed by atoms with E-state index in [1.165, 1.54) is 6.07 Å². The molecular weight excluding hydrogens is 378 g/mol. The minimum absolute atomic E-state index is 0.0780. The molecule has 0 N–H and O–H groups in total. The zero-order valence-electron chi connectivity index (χ0n) is 12.6. The number of carbonyl (C=O) groups is 1. The number of hydrogen-bond donors (Lipinski definition) is 0. The molecule has 0 saturated heterocycles. The van der Waals surface area contributed by atoms with E-state index in [0.29, 0.717) is 6.54 Å². The van der Waals surface area contributed by atoms with Crippen LogP contribution in [0, 0.1) is 0 Å². The lowest BCUT2D eigenvalue weighted by atomic mass is 10.0. The highest BCUT2D eigenvalue weighted by atomic mass is 79.9. The molecule has 0 bridgehead atoms. The molecule has 0 radical (unpaired) electrons. The molecule has 2 aromatic rings. The fourth-order valence-electron chi connectivity index (χ4n) is 2.89. The third kappa shape index (κ3) is 3.19. The topological polar surface area (TPSA) is 54.5 Å². The minimum atomic E-state index is -3.46. The van der Waals surface area contributed by atoms with Gasteiger partial charge in [-0.2, -0.15) is 0 Å². The Balaban J connectivity index is 2.07. The van der Waals surface area contributed by atoms with Gasteiger partial charge in [-0.3, -0.25) is 4.79 Å². The van der Waals surface area contributed by atoms with Crippen LogP contribution in [0.5, 0.6) is 0 Å². The molecule has 1 aliphatic heterocycles. The molecule has 1 aliphatic rings. The second-order valence-electron chi connectivity index (χ2n) is 5.60. The summed E-state index contributed by atoms with van der Waals surface area (Å²) in [5, 5.41) is 0. The van der Waals surface area contributed by atoms with Crippen LogP contribution in [-0.2, 0) is 16.3 Å². The van der Waals surface area contributed by atoms with E-state index in [0.717, 1.165) is 34.8 Å². The van der Waals surface area contributed by atoms with Crippen molar-refractivity contribution in [1.82, 2.24) is 0 Å². The summed E-state index contributed by atoms with van der Waals surface area (Å²) in [5.41, 5.74) is 2.18. The number of benzene rings is 2. The first-order chi connectivity index (χ1) is 10.9. The highest BCUT2D eigenvalue weighted by Crippen LogP contribution is 2.31. The molecule has 6 heteroatoms. The summed E-state index contributed by atoms with van der Waals surface area (Å²) in [6.07, 6.45) is 2.89. The number of carbonyl (C=O) groups excluding carboxylic acids is 1. The Bertz CT molecular complexity index is 877. The summed E-state index contributed by atoms with van der Waals surface area (Å²) >= 11 is 3.45. The number of amides is 1. The summed E-state index contributed by atoms with van der Waals surface area (Å²) in [5.74, 6) is -0.269. The Kier molecular flexibility index (Phi) is 4.29. The molecule has 0 spiro atoms. The molecular formula is C17H16BrNO3S. The van der Waals surface area contributed by atoms with Crippen LogP contribution in [0.2, 0.25) is 0 Å². The van der Waals surface area contributed by atoms with Crippen molar-refractivity contribution in [2.75, 3.05) is 17.7 Å². The SMILES string of the molecule is CS(=O)(=O)c1ccccc1C(=O)N1CCCc2cc(Br)ccc21. The van der Waals surface area contributed by atoms with Gasteiger partial charge in [-0.05, 0) is 48.7 Å². The largest absolute Gasteiger partial charge is 0.308 e. The Morgan fingerprint density at radius 2 is 1.91 bits per heavy atom. The molecule has 0 aromatic heterocycles. The van der Waals surface area contributed by atoms with Crippen molar-refractivity contribution in [2.45, 2.75) is 17.7 Å². The van der Waals surface area contributed by atoms with Gasteiger partial charge in [0.25, 0.3) is 5.91 Å². The summed E-state index contributed by atoms with van der Waals surface area (Å²) < 4.78 is 24.9. The third-order valence-corrected chi connectivity index (χ3v) is 5.57. The van der Waals surface area contributed by atoms with Crippen LogP contribution < -0.4 is 4.90 Å². The van der Waals surface area contributed by atoms with E-state index in [1.807, 2.05) is 18.2 Å². The van der Waals surface area contributed by atoms with Crippen molar-refractivity contribution >= 4 is 37.4 Å². The molecule has 23 heavy (non-hydrogen) atoms. The van der Waals surface area contributed by atoms with Gasteiger partial charge in [0.1, 0.15) is 0 Å². The van der Waals surface area contributed by atoms with Crippen LogP contribution in [0.3, 0.4) is 0 Å². The van der Waals surface area contributed by atoms with Crippen LogP contribution in [0.1, 0.15) is 22.3 Å². The van der Waals surface area contributed by atoms with E-state index in [-0.39, 0.29) is 16.4 Å². The Hall–Kier alpha value is -1.66. The smallest absolute Gasteiger partial charge is 0.259 e. The fourth-order valence-corrected chi connectivity index (χ4v) is 4.18. The Labute approximate surface area is 144 Å². The van der Waals surface area contributed by atoms with E-state index in [4.69, 9.17) is 0 Å². The zero-order chi connectivity index (χ0) is 16.6. The quantitative estimate of drug-likeness (QED) is 0.784. The van der Waals surface area contributed by atoms with Crippen molar-refractivity contribution in [3.05, 3.63) is 58.1 Å². The van der Waals surface area contributed by atoms with Crippen molar-refractivity contribution in [1.29, 1.82) is 0 Å². The number of nitrogens with zero attached hydrogens (tertiary/aromatic N) is 1. The van der Waals surface area contributed by atoms with Gasteiger partial charge >= 0.3 is 0 Å². The maximum absolute atomic E-state index is 13.0. The van der Waals surface area contributed by atoms with Gasteiger partial charge in [0.15, 0.2) is 9.84 Å². The Morgan fingerprint density at radius 1 is 1.17 bits per heavy atom. The van der Waals surface area contributed by atoms with Gasteiger partial charge in [-0.25, -0.2) is 8.42 Å². The molecule has 1 heterocycles. The normalized spacial score (nSPS) is 14.4. The maximum Gasteiger partial charge on any atom is 0.259 e. The van der Waals surface area contributed by atoms with E-state index in [1.54, 1.807) is 23.1 Å². The van der Waals surface area contributed by atoms with E-state index < -0.39 is 9.84 Å². The van der Waals surface area contributed by atoms with Crippen molar-refractivity contribution in [3.63, 3.8) is 0 Å². The fraction of sp³-hybridized carbons (Fsp3) is 0.235. The van der Waals surface area contributed by atoms with Crippen molar-refractivity contribution < 1.29 is 13.2 Å². The summed E-state index contributed by atoms with van der Waals surface area (Å²) in [6.45, 7) is 0.589. The minimum Gasteiger partial charge on any atom is -0.308 e. The van der Waals surface area contributed by atoms with Crippen LogP contribution >= 0.6 is 15.9 Å². The number of sulfone groups is 1. The molecule has 0 aliphatic carbocycles. The maximum atomic E-state index is 13.0. The summed E-state index contributed by atoms with van der Waals surface area (Å²) in [6, 6.07) is 12.2. The van der Waals surface area contributed by atoms with E-state index in [9.17, 15) is 13.2 Å². The first-order valence-electron chi connectivity index (χ1n) is 7.27. The molecule has 0 fully saturated rings. The summed E-state index contributed by atoms with van der Waals surface area (Å²) in [4.78, 5) is 14.7. The number of halogens is 1. The number of rotatable bonds is 2. The molecule has 0 saturated carbocycles. The lowest BCUT2D eigenvalue weighted by Crippen LogP contribution is -2.36. The molecule has 3 rings (SSSR count). The first kappa shape index (κ1) is 16.2. The average molecular weight is 394 g/mol. The van der Waals surface area contributed by atoms with Gasteiger partial charge in [-0.15, -0.1) is 0 Å². The van der Waals surface area contributed by atoms with Crippen molar-refractivity contribution in [3.8, 4) is 0 Å². The van der Waals surface area contributed by atoms with Gasteiger partial charge in [0, 0.05) is 23.0 Å². The number of aryl methyl sites for hydroxylation is 1. The van der Waals surface area contributed by atoms with Gasteiger partial charge in [0.2, 0.25) is 0 Å². The third-order valence-electron chi connectivity index (χ3n) is 3.92. The second-order valence-corrected chi connectivity index (χ2v) is 8.50. The summed E-state index contributed by atoms with van der Waals surface area (Å²) in [7, 11) is -3.46. The lowest BCUT2D eigenvalue weighted by Gasteiger charge is -2.30. The number of anilines is 1. The monoisotopic (exact) mass is 393 g/mol. The van der Waals surface area contributed by atoms with Crippen LogP contribution in [0.4, 0.5) is 5.69 Å². The van der Waals surface area contributed by atoms with Crippen LogP contribution in [0.15, 0.2) is 51.8 Å². The molecule has 0 atom stereocenters.